The average molecular weight is 345 g/mol. The molecule has 0 N–H and O–H groups in total. The van der Waals surface area contributed by atoms with Crippen molar-refractivity contribution in [2.75, 3.05) is 0 Å². The molecule has 1 aromatic rings. The molecule has 0 aliphatic heterocycles. The fourth-order valence-electron chi connectivity index (χ4n) is 3.53. The van der Waals surface area contributed by atoms with Gasteiger partial charge in [-0.05, 0) is 73.0 Å². The Bertz CT molecular complexity index is 493. The van der Waals surface area contributed by atoms with Gasteiger partial charge in [-0.15, -0.1) is 0 Å². The zero-order chi connectivity index (χ0) is 18.9. The number of hydrogen-bond acceptors (Lipinski definition) is 0. The van der Waals surface area contributed by atoms with Gasteiger partial charge in [0.25, 0.3) is 0 Å². The van der Waals surface area contributed by atoms with Crippen molar-refractivity contribution in [3.63, 3.8) is 0 Å². The molecule has 0 bridgehead atoms. The average Bonchev–Trinajstić information content (AvgIpc) is 2.57. The van der Waals surface area contributed by atoms with Crippen molar-refractivity contribution in [3.8, 4) is 0 Å². The Morgan fingerprint density at radius 2 is 1.24 bits per heavy atom. The molecule has 1 rings (SSSR count). The minimum Gasteiger partial charge on any atom is -0.0649 e. The number of aryl methyl sites for hydroxylation is 2. The molecule has 25 heavy (non-hydrogen) atoms. The molecule has 0 saturated carbocycles. The van der Waals surface area contributed by atoms with Crippen molar-refractivity contribution in [1.29, 1.82) is 0 Å². The molecule has 0 aliphatic rings. The highest BCUT2D eigenvalue weighted by molar-refractivity contribution is 5.34. The smallest absolute Gasteiger partial charge is 0.0274 e. The summed E-state index contributed by atoms with van der Waals surface area (Å²) in [4.78, 5) is 0. The van der Waals surface area contributed by atoms with Gasteiger partial charge in [0.05, 0.1) is 0 Å². The van der Waals surface area contributed by atoms with E-state index in [1.54, 1.807) is 11.1 Å². The van der Waals surface area contributed by atoms with Crippen LogP contribution in [0.1, 0.15) is 110 Å². The van der Waals surface area contributed by atoms with Crippen molar-refractivity contribution in [2.45, 2.75) is 113 Å². The first-order valence-corrected chi connectivity index (χ1v) is 10.8. The summed E-state index contributed by atoms with van der Waals surface area (Å²) >= 11 is 0. The largest absolute Gasteiger partial charge is 0.0649 e. The molecule has 0 heterocycles. The van der Waals surface area contributed by atoms with Crippen LogP contribution >= 0.6 is 0 Å². The van der Waals surface area contributed by atoms with Gasteiger partial charge in [0.2, 0.25) is 0 Å². The lowest BCUT2D eigenvalue weighted by Crippen LogP contribution is -2.09. The highest BCUT2D eigenvalue weighted by atomic mass is 14.2. The molecule has 0 atom stereocenters. The number of unbranched alkanes of at least 4 members (excludes halogenated alkanes) is 2. The van der Waals surface area contributed by atoms with Gasteiger partial charge in [0, 0.05) is 0 Å². The van der Waals surface area contributed by atoms with Crippen LogP contribution in [0.5, 0.6) is 0 Å². The molecular weight excluding hydrogens is 300 g/mol. The first-order valence-electron chi connectivity index (χ1n) is 10.8. The maximum atomic E-state index is 2.41. The third-order valence-electron chi connectivity index (χ3n) is 6.50. The van der Waals surface area contributed by atoms with Gasteiger partial charge < -0.3 is 0 Å². The maximum absolute atomic E-state index is 2.41. The summed E-state index contributed by atoms with van der Waals surface area (Å²) in [5.41, 5.74) is 5.79. The lowest BCUT2D eigenvalue weighted by Gasteiger charge is -2.23. The van der Waals surface area contributed by atoms with E-state index in [1.807, 2.05) is 0 Å². The molecule has 0 spiro atoms. The fourth-order valence-corrected chi connectivity index (χ4v) is 3.53. The molecule has 0 unspecified atom stereocenters. The van der Waals surface area contributed by atoms with Crippen molar-refractivity contribution in [1.82, 2.24) is 0 Å². The van der Waals surface area contributed by atoms with Crippen LogP contribution < -0.4 is 0 Å². The summed E-state index contributed by atoms with van der Waals surface area (Å²) in [6.45, 7) is 16.6. The van der Waals surface area contributed by atoms with E-state index in [4.69, 9.17) is 0 Å². The highest BCUT2D eigenvalue weighted by Gasteiger charge is 2.15. The van der Waals surface area contributed by atoms with Gasteiger partial charge >= 0.3 is 0 Å². The number of benzene rings is 1. The van der Waals surface area contributed by atoms with E-state index in [0.717, 1.165) is 0 Å². The molecule has 0 radical (unpaired) electrons. The van der Waals surface area contributed by atoms with Crippen molar-refractivity contribution in [3.05, 3.63) is 34.9 Å². The Kier molecular flexibility index (Phi) is 9.25. The van der Waals surface area contributed by atoms with E-state index >= 15 is 0 Å². The fraction of sp³-hybridized carbons (Fsp3) is 0.760. The Hall–Kier alpha value is -0.780. The molecule has 0 heteroatoms. The molecule has 144 valence electrons. The molecule has 0 saturated heterocycles. The number of rotatable bonds is 12. The van der Waals surface area contributed by atoms with Crippen LogP contribution in [-0.2, 0) is 12.8 Å². The lowest BCUT2D eigenvalue weighted by atomic mass is 9.83. The third-order valence-corrected chi connectivity index (χ3v) is 6.50. The lowest BCUT2D eigenvalue weighted by molar-refractivity contribution is 0.308. The normalized spacial score (nSPS) is 12.6. The molecule has 0 aromatic heterocycles. The predicted octanol–water partition coefficient (Wildman–Crippen LogP) is 8.29. The second kappa shape index (κ2) is 10.4. The minimum absolute atomic E-state index is 0.515. The van der Waals surface area contributed by atoms with E-state index in [9.17, 15) is 0 Å². The van der Waals surface area contributed by atoms with E-state index in [-0.39, 0.29) is 0 Å². The van der Waals surface area contributed by atoms with Gasteiger partial charge in [0.1, 0.15) is 0 Å². The van der Waals surface area contributed by atoms with E-state index in [0.29, 0.717) is 10.8 Å². The topological polar surface area (TPSA) is 0 Å². The summed E-state index contributed by atoms with van der Waals surface area (Å²) in [5.74, 6) is 0. The maximum Gasteiger partial charge on any atom is -0.0274 e. The first kappa shape index (κ1) is 22.3. The van der Waals surface area contributed by atoms with Gasteiger partial charge in [-0.2, -0.15) is 0 Å². The first-order chi connectivity index (χ1) is 11.7. The van der Waals surface area contributed by atoms with Crippen LogP contribution in [-0.4, -0.2) is 0 Å². The second-order valence-corrected chi connectivity index (χ2v) is 9.66. The SMILES string of the molecule is CCC(C)(C)CCCCc1cccc(C)c1CCCCC(C)(C)CC. The van der Waals surface area contributed by atoms with Gasteiger partial charge in [0.15, 0.2) is 0 Å². The number of hydrogen-bond donors (Lipinski definition) is 0. The predicted molar refractivity (Wildman–Crippen MR) is 114 cm³/mol. The van der Waals surface area contributed by atoms with Crippen molar-refractivity contribution in [2.24, 2.45) is 10.8 Å². The van der Waals surface area contributed by atoms with Crippen LogP contribution in [0.25, 0.3) is 0 Å². The second-order valence-electron chi connectivity index (χ2n) is 9.66. The standard InChI is InChI=1S/C25H44/c1-8-24(4,5)19-12-10-16-22-17-14-15-21(3)23(22)18-11-13-20-25(6,7)9-2/h14-15,17H,8-13,16,18-20H2,1-7H3. The minimum atomic E-state index is 0.515. The summed E-state index contributed by atoms with van der Waals surface area (Å²) in [7, 11) is 0. The quantitative estimate of drug-likeness (QED) is 0.334. The van der Waals surface area contributed by atoms with Gasteiger partial charge in [-0.25, -0.2) is 0 Å². The molecule has 0 fully saturated rings. The van der Waals surface area contributed by atoms with E-state index in [1.165, 1.54) is 69.8 Å². The van der Waals surface area contributed by atoms with E-state index in [2.05, 4.69) is 66.7 Å². The Labute approximate surface area is 158 Å². The third kappa shape index (κ3) is 8.43. The monoisotopic (exact) mass is 344 g/mol. The van der Waals surface area contributed by atoms with Crippen LogP contribution in [0.3, 0.4) is 0 Å². The summed E-state index contributed by atoms with van der Waals surface area (Å²) < 4.78 is 0. The van der Waals surface area contributed by atoms with Gasteiger partial charge in [-0.3, -0.25) is 0 Å². The Morgan fingerprint density at radius 1 is 0.720 bits per heavy atom. The zero-order valence-electron chi connectivity index (χ0n) is 18.3. The molecule has 0 nitrogen and oxygen atoms in total. The van der Waals surface area contributed by atoms with Crippen LogP contribution in [0, 0.1) is 17.8 Å². The summed E-state index contributed by atoms with van der Waals surface area (Å²) in [6.07, 6.45) is 13.2. The van der Waals surface area contributed by atoms with Gasteiger partial charge in [-0.1, -0.05) is 85.4 Å². The zero-order valence-corrected chi connectivity index (χ0v) is 18.3. The molecular formula is C25H44. The van der Waals surface area contributed by atoms with Crippen molar-refractivity contribution >= 4 is 0 Å². The molecule has 1 aromatic carbocycles. The summed E-state index contributed by atoms with van der Waals surface area (Å²) in [6, 6.07) is 6.93. The molecule has 0 aliphatic carbocycles. The molecule has 0 amide bonds. The van der Waals surface area contributed by atoms with Crippen LogP contribution in [0.15, 0.2) is 18.2 Å². The van der Waals surface area contributed by atoms with Crippen molar-refractivity contribution < 1.29 is 0 Å². The highest BCUT2D eigenvalue weighted by Crippen LogP contribution is 2.29. The van der Waals surface area contributed by atoms with Crippen LogP contribution in [0.4, 0.5) is 0 Å². The summed E-state index contributed by atoms with van der Waals surface area (Å²) in [5, 5.41) is 0. The van der Waals surface area contributed by atoms with E-state index < -0.39 is 0 Å². The Balaban J connectivity index is 2.51. The van der Waals surface area contributed by atoms with Crippen LogP contribution in [0.2, 0.25) is 0 Å². The Morgan fingerprint density at radius 3 is 1.76 bits per heavy atom.